The lowest BCUT2D eigenvalue weighted by Crippen LogP contribution is -2.63. The molecule has 2 amide bonds. The smallest absolute Gasteiger partial charge is 0.252 e. The number of halogens is 4. The molecule has 3 aromatic carbocycles. The minimum absolute atomic E-state index is 0.0142. The van der Waals surface area contributed by atoms with Crippen molar-refractivity contribution in [3.05, 3.63) is 112 Å². The van der Waals surface area contributed by atoms with Gasteiger partial charge in [0.1, 0.15) is 17.5 Å². The molecule has 1 aliphatic carbocycles. The molecule has 1 saturated carbocycles. The number of rotatable bonds is 8. The van der Waals surface area contributed by atoms with Gasteiger partial charge in [0.2, 0.25) is 11.8 Å². The lowest BCUT2D eigenvalue weighted by atomic mass is 9.88. The molecule has 2 aliphatic heterocycles. The van der Waals surface area contributed by atoms with E-state index in [4.69, 9.17) is 11.6 Å². The molecular weight excluding hydrogens is 595 g/mol. The summed E-state index contributed by atoms with van der Waals surface area (Å²) in [6, 6.07) is 16.6. The second-order valence-corrected chi connectivity index (χ2v) is 11.8. The standard InChI is InChI=1S/C32H30ClF3N5O3/c1-31(25-11-4-2-7-20(25)15-16-37-31)39-27(13-14-28(39)42)41(44)40(23-9-6-8-21(34)17-23)29(24-10-3-5-12-26(24)33)30(43)38-22-18-32(35,36)19-22/h2-12,15-17,22,27,29,37H,13-14,18-19H2,1H3,(H,38,43)/q-1/t27-,29+,31?/m1/s1. The van der Waals surface area contributed by atoms with Crippen LogP contribution < -0.4 is 15.6 Å². The number of hydroxylamine groups is 1. The number of nitrogens with zero attached hydrogens (tertiary/aromatic N) is 3. The van der Waals surface area contributed by atoms with Crippen LogP contribution in [-0.4, -0.2) is 40.0 Å². The van der Waals surface area contributed by atoms with E-state index in [9.17, 15) is 28.0 Å². The Morgan fingerprint density at radius 2 is 1.84 bits per heavy atom. The van der Waals surface area contributed by atoms with Gasteiger partial charge in [-0.05, 0) is 55.4 Å². The van der Waals surface area contributed by atoms with E-state index in [1.807, 2.05) is 30.3 Å². The van der Waals surface area contributed by atoms with Crippen molar-refractivity contribution in [2.75, 3.05) is 5.01 Å². The molecule has 8 nitrogen and oxygen atoms in total. The van der Waals surface area contributed by atoms with E-state index >= 15 is 0 Å². The number of fused-ring (bicyclic) bond motifs is 1. The van der Waals surface area contributed by atoms with E-state index in [2.05, 4.69) is 10.6 Å². The van der Waals surface area contributed by atoms with Crippen molar-refractivity contribution in [1.82, 2.24) is 20.7 Å². The molecule has 12 heteroatoms. The number of likely N-dealkylation sites (tertiary alicyclic amines) is 1. The van der Waals surface area contributed by atoms with Crippen LogP contribution in [0.4, 0.5) is 18.9 Å². The topological polar surface area (TPSA) is 91.0 Å². The van der Waals surface area contributed by atoms with Gasteiger partial charge < -0.3 is 15.8 Å². The van der Waals surface area contributed by atoms with E-state index in [1.165, 1.54) is 29.2 Å². The number of alkyl halides is 2. The Morgan fingerprint density at radius 3 is 2.57 bits per heavy atom. The highest BCUT2D eigenvalue weighted by Gasteiger charge is 2.50. The summed E-state index contributed by atoms with van der Waals surface area (Å²) in [6.07, 6.45) is 1.48. The first kappa shape index (κ1) is 30.0. The predicted molar refractivity (Wildman–Crippen MR) is 160 cm³/mol. The number of carbonyl (C=O) groups excluding carboxylic acids is 2. The Bertz CT molecular complexity index is 1620. The van der Waals surface area contributed by atoms with Crippen molar-refractivity contribution in [3.8, 4) is 0 Å². The van der Waals surface area contributed by atoms with Crippen LogP contribution in [0.15, 0.2) is 79.0 Å². The number of hydrogen-bond donors (Lipinski definition) is 2. The molecule has 0 aromatic heterocycles. The van der Waals surface area contributed by atoms with E-state index in [-0.39, 0.29) is 35.0 Å². The molecule has 3 aromatic rings. The Morgan fingerprint density at radius 1 is 1.11 bits per heavy atom. The highest BCUT2D eigenvalue weighted by molar-refractivity contribution is 6.31. The molecule has 2 heterocycles. The average molecular weight is 625 g/mol. The number of anilines is 1. The molecule has 1 unspecified atom stereocenters. The van der Waals surface area contributed by atoms with Crippen LogP contribution in [0.3, 0.4) is 0 Å². The number of hydrogen-bond acceptors (Lipinski definition) is 6. The van der Waals surface area contributed by atoms with Gasteiger partial charge in [0.25, 0.3) is 5.92 Å². The first-order valence-electron chi connectivity index (χ1n) is 14.3. The predicted octanol–water partition coefficient (Wildman–Crippen LogP) is 6.05. The average Bonchev–Trinajstić information content (AvgIpc) is 3.37. The molecule has 3 aliphatic rings. The second-order valence-electron chi connectivity index (χ2n) is 11.4. The van der Waals surface area contributed by atoms with Gasteiger partial charge in [-0.1, -0.05) is 60.1 Å². The summed E-state index contributed by atoms with van der Waals surface area (Å²) in [4.78, 5) is 29.0. The number of benzene rings is 3. The van der Waals surface area contributed by atoms with Crippen LogP contribution in [0, 0.1) is 11.0 Å². The molecule has 230 valence electrons. The Hall–Kier alpha value is -4.06. The van der Waals surface area contributed by atoms with Crippen LogP contribution in [0.25, 0.3) is 6.08 Å². The quantitative estimate of drug-likeness (QED) is 0.297. The second kappa shape index (κ2) is 11.5. The van der Waals surface area contributed by atoms with Gasteiger partial charge in [0.05, 0.1) is 11.9 Å². The van der Waals surface area contributed by atoms with Gasteiger partial charge in [-0.2, -0.15) is 0 Å². The summed E-state index contributed by atoms with van der Waals surface area (Å²) >= 11 is 6.57. The van der Waals surface area contributed by atoms with Crippen molar-refractivity contribution >= 4 is 35.2 Å². The fraction of sp³-hybridized carbons (Fsp3) is 0.312. The van der Waals surface area contributed by atoms with Crippen molar-refractivity contribution < 1.29 is 22.8 Å². The monoisotopic (exact) mass is 624 g/mol. The zero-order valence-electron chi connectivity index (χ0n) is 23.7. The van der Waals surface area contributed by atoms with Gasteiger partial charge in [0.15, 0.2) is 0 Å². The Kier molecular flexibility index (Phi) is 7.81. The maximum atomic E-state index is 14.8. The molecule has 2 N–H and O–H groups in total. The van der Waals surface area contributed by atoms with E-state index < -0.39 is 54.4 Å². The zero-order valence-corrected chi connectivity index (χ0v) is 24.5. The third-order valence-corrected chi connectivity index (χ3v) is 8.79. The zero-order chi connectivity index (χ0) is 31.2. The largest absolute Gasteiger partial charge is 0.766 e. The Balaban J connectivity index is 1.45. The first-order valence-corrected chi connectivity index (χ1v) is 14.7. The number of hydrazine groups is 1. The van der Waals surface area contributed by atoms with E-state index in [0.717, 1.165) is 22.2 Å². The van der Waals surface area contributed by atoms with Crippen LogP contribution in [0.2, 0.25) is 5.02 Å². The van der Waals surface area contributed by atoms with Crippen LogP contribution in [0.5, 0.6) is 0 Å². The van der Waals surface area contributed by atoms with Gasteiger partial charge in [-0.3, -0.25) is 24.7 Å². The summed E-state index contributed by atoms with van der Waals surface area (Å²) in [5, 5.41) is 22.3. The molecule has 0 spiro atoms. The third-order valence-electron chi connectivity index (χ3n) is 8.45. The summed E-state index contributed by atoms with van der Waals surface area (Å²) in [6.45, 7) is 1.79. The van der Waals surface area contributed by atoms with E-state index in [0.29, 0.717) is 5.17 Å². The van der Waals surface area contributed by atoms with Gasteiger partial charge >= 0.3 is 0 Å². The van der Waals surface area contributed by atoms with Gasteiger partial charge in [-0.15, -0.1) is 0 Å². The maximum Gasteiger partial charge on any atom is 0.252 e. The van der Waals surface area contributed by atoms with Crippen molar-refractivity contribution in [2.24, 2.45) is 0 Å². The number of amides is 2. The fourth-order valence-electron chi connectivity index (χ4n) is 6.34. The van der Waals surface area contributed by atoms with Crippen LogP contribution in [0.1, 0.15) is 55.3 Å². The maximum absolute atomic E-state index is 14.8. The SMILES string of the molecule is CC1(N2C(=O)CC[C@H]2N([O-])N(c2cccc(F)c2)[C@H](C(=O)NC2CC(F)(F)C2)c2ccccc2Cl)NC=Cc2ccccc21. The van der Waals surface area contributed by atoms with Gasteiger partial charge in [-0.25, -0.2) is 13.2 Å². The summed E-state index contributed by atoms with van der Waals surface area (Å²) < 4.78 is 42.1. The Labute approximate surface area is 257 Å². The number of carbonyl (C=O) groups is 2. The normalized spacial score (nSPS) is 23.1. The molecular formula is C32H30ClF3N5O3-. The summed E-state index contributed by atoms with van der Waals surface area (Å²) in [7, 11) is 0. The third kappa shape index (κ3) is 5.40. The lowest BCUT2D eigenvalue weighted by molar-refractivity contribution is -0.140. The van der Waals surface area contributed by atoms with Crippen molar-refractivity contribution in [2.45, 2.75) is 62.4 Å². The molecule has 44 heavy (non-hydrogen) atoms. The van der Waals surface area contributed by atoms with Crippen molar-refractivity contribution in [3.63, 3.8) is 0 Å². The van der Waals surface area contributed by atoms with Gasteiger partial charge in [0, 0.05) is 41.5 Å². The minimum Gasteiger partial charge on any atom is -0.766 e. The molecule has 3 atom stereocenters. The molecule has 6 rings (SSSR count). The van der Waals surface area contributed by atoms with E-state index in [1.54, 1.807) is 31.3 Å². The molecule has 0 radical (unpaired) electrons. The van der Waals surface area contributed by atoms with Crippen LogP contribution in [-0.2, 0) is 15.3 Å². The highest BCUT2D eigenvalue weighted by atomic mass is 35.5. The lowest BCUT2D eigenvalue weighted by Gasteiger charge is -2.54. The molecule has 2 fully saturated rings. The van der Waals surface area contributed by atoms with Crippen molar-refractivity contribution in [1.29, 1.82) is 0 Å². The molecule has 1 saturated heterocycles. The molecule has 0 bridgehead atoms. The summed E-state index contributed by atoms with van der Waals surface area (Å²) in [5.74, 6) is -4.64. The van der Waals surface area contributed by atoms with Crippen LogP contribution >= 0.6 is 11.6 Å². The minimum atomic E-state index is -2.90. The fourth-order valence-corrected chi connectivity index (χ4v) is 6.58. The first-order chi connectivity index (χ1) is 21.0. The highest BCUT2D eigenvalue weighted by Crippen LogP contribution is 2.42. The number of nitrogens with one attached hydrogen (secondary N) is 2. The summed E-state index contributed by atoms with van der Waals surface area (Å²) in [5.41, 5.74) is 0.700.